The first-order chi connectivity index (χ1) is 13.0. The minimum atomic E-state index is -1.21. The number of hydrogen-bond acceptors (Lipinski definition) is 4. The second kappa shape index (κ2) is 14.3. The molecule has 4 N–H and O–H groups in total. The molecule has 0 radical (unpaired) electrons. The molecule has 1 aliphatic carbocycles. The van der Waals surface area contributed by atoms with Crippen molar-refractivity contribution in [1.82, 2.24) is 0 Å². The van der Waals surface area contributed by atoms with Crippen LogP contribution in [-0.4, -0.2) is 44.3 Å². The fourth-order valence-electron chi connectivity index (χ4n) is 3.72. The Morgan fingerprint density at radius 1 is 0.963 bits per heavy atom. The van der Waals surface area contributed by atoms with Crippen molar-refractivity contribution in [3.05, 3.63) is 24.3 Å². The third-order valence-electron chi connectivity index (χ3n) is 5.45. The van der Waals surface area contributed by atoms with Crippen LogP contribution in [-0.2, 0) is 0 Å². The third kappa shape index (κ3) is 11.7. The monoisotopic (exact) mass is 382 g/mol. The molecule has 4 unspecified atom stereocenters. The van der Waals surface area contributed by atoms with Gasteiger partial charge in [-0.2, -0.15) is 0 Å². The Bertz CT molecular complexity index is 421. The molecule has 0 aromatic carbocycles. The van der Waals surface area contributed by atoms with Crippen molar-refractivity contribution in [2.75, 3.05) is 0 Å². The number of aliphatic hydroxyl groups excluding tert-OH is 3. The lowest BCUT2D eigenvalue weighted by molar-refractivity contribution is -0.0516. The zero-order valence-corrected chi connectivity index (χ0v) is 17.2. The van der Waals surface area contributed by atoms with Crippen molar-refractivity contribution >= 4 is 0 Å². The van der Waals surface area contributed by atoms with Crippen LogP contribution >= 0.6 is 0 Å². The number of hydrogen-bond donors (Lipinski definition) is 4. The summed E-state index contributed by atoms with van der Waals surface area (Å²) in [5.41, 5.74) is -1.21. The number of unbranched alkanes of at least 4 members (excludes halogenated alkanes) is 9. The molecule has 0 saturated heterocycles. The van der Waals surface area contributed by atoms with Gasteiger partial charge in [0.15, 0.2) is 0 Å². The Balaban J connectivity index is 1.97. The van der Waals surface area contributed by atoms with E-state index in [0.29, 0.717) is 6.42 Å². The molecule has 0 aliphatic heterocycles. The standard InChI is InChI=1S/C23H42O4/c1-2-3-4-5-6-7-8-9-10-11-12-13-14-15-20(24)18-23(27)17-16-21(25)22(26)19-23/h7-8,16-17,20-22,24-27H,2-6,9-15,18-19H2,1H3. The summed E-state index contributed by atoms with van der Waals surface area (Å²) in [4.78, 5) is 0. The van der Waals surface area contributed by atoms with Crippen molar-refractivity contribution in [3.8, 4) is 0 Å². The van der Waals surface area contributed by atoms with Crippen LogP contribution in [0.15, 0.2) is 24.3 Å². The molecule has 4 nitrogen and oxygen atoms in total. The Morgan fingerprint density at radius 3 is 2.19 bits per heavy atom. The Labute approximate surface area is 166 Å². The molecule has 0 spiro atoms. The minimum absolute atomic E-state index is 0.0772. The molecule has 0 fully saturated rings. The molecule has 0 bridgehead atoms. The first-order valence-corrected chi connectivity index (χ1v) is 11.1. The highest BCUT2D eigenvalue weighted by Gasteiger charge is 2.35. The minimum Gasteiger partial charge on any atom is -0.393 e. The van der Waals surface area contributed by atoms with Gasteiger partial charge in [-0.05, 0) is 32.1 Å². The van der Waals surface area contributed by atoms with E-state index < -0.39 is 23.9 Å². The van der Waals surface area contributed by atoms with E-state index in [1.165, 1.54) is 69.9 Å². The van der Waals surface area contributed by atoms with E-state index in [4.69, 9.17) is 0 Å². The summed E-state index contributed by atoms with van der Waals surface area (Å²) in [6.45, 7) is 2.24. The van der Waals surface area contributed by atoms with Gasteiger partial charge in [-0.1, -0.05) is 76.2 Å². The van der Waals surface area contributed by atoms with Crippen LogP contribution in [0.5, 0.6) is 0 Å². The maximum absolute atomic E-state index is 10.4. The quantitative estimate of drug-likeness (QED) is 0.250. The lowest BCUT2D eigenvalue weighted by Gasteiger charge is -2.34. The number of aliphatic hydroxyl groups is 4. The predicted molar refractivity (Wildman–Crippen MR) is 112 cm³/mol. The van der Waals surface area contributed by atoms with Crippen LogP contribution in [0, 0.1) is 0 Å². The summed E-state index contributed by atoms with van der Waals surface area (Å²) >= 11 is 0. The summed E-state index contributed by atoms with van der Waals surface area (Å²) in [5.74, 6) is 0. The molecule has 0 saturated carbocycles. The van der Waals surface area contributed by atoms with Gasteiger partial charge in [0.1, 0.15) is 0 Å². The Morgan fingerprint density at radius 2 is 1.56 bits per heavy atom. The maximum atomic E-state index is 10.4. The molecule has 158 valence electrons. The average molecular weight is 383 g/mol. The molecule has 27 heavy (non-hydrogen) atoms. The molecular weight excluding hydrogens is 340 g/mol. The summed E-state index contributed by atoms with van der Waals surface area (Å²) in [6, 6.07) is 0. The van der Waals surface area contributed by atoms with Crippen LogP contribution in [0.2, 0.25) is 0 Å². The molecule has 4 heteroatoms. The predicted octanol–water partition coefficient (Wildman–Crippen LogP) is 4.41. The zero-order valence-electron chi connectivity index (χ0n) is 17.2. The molecule has 1 rings (SSSR count). The highest BCUT2D eigenvalue weighted by Crippen LogP contribution is 2.28. The normalized spacial score (nSPS) is 26.7. The van der Waals surface area contributed by atoms with Gasteiger partial charge in [0, 0.05) is 12.8 Å². The van der Waals surface area contributed by atoms with Crippen molar-refractivity contribution in [3.63, 3.8) is 0 Å². The first-order valence-electron chi connectivity index (χ1n) is 11.1. The smallest absolute Gasteiger partial charge is 0.0982 e. The largest absolute Gasteiger partial charge is 0.393 e. The Kier molecular flexibility index (Phi) is 12.9. The fraction of sp³-hybridized carbons (Fsp3) is 0.826. The van der Waals surface area contributed by atoms with Crippen LogP contribution in [0.25, 0.3) is 0 Å². The SMILES string of the molecule is CCCCCCC=CCCCCCCCC(O)CC1(O)C=CC(O)C(O)C1. The molecule has 0 aromatic heterocycles. The van der Waals surface area contributed by atoms with Gasteiger partial charge in [0.05, 0.1) is 23.9 Å². The zero-order chi connectivity index (χ0) is 20.0. The van der Waals surface area contributed by atoms with E-state index in [2.05, 4.69) is 19.1 Å². The fourth-order valence-corrected chi connectivity index (χ4v) is 3.72. The first kappa shape index (κ1) is 24.4. The molecule has 1 aliphatic rings. The van der Waals surface area contributed by atoms with E-state index in [1.54, 1.807) is 0 Å². The molecule has 4 atom stereocenters. The highest BCUT2D eigenvalue weighted by atomic mass is 16.3. The summed E-state index contributed by atoms with van der Waals surface area (Å²) < 4.78 is 0. The number of allylic oxidation sites excluding steroid dienone is 2. The highest BCUT2D eigenvalue weighted by molar-refractivity contribution is 5.11. The van der Waals surface area contributed by atoms with Crippen LogP contribution in [0.1, 0.15) is 96.8 Å². The lowest BCUT2D eigenvalue weighted by atomic mass is 9.83. The van der Waals surface area contributed by atoms with Gasteiger partial charge in [-0.3, -0.25) is 0 Å². The van der Waals surface area contributed by atoms with Crippen molar-refractivity contribution in [2.45, 2.75) is 121 Å². The Hall–Kier alpha value is -0.680. The molecule has 0 aromatic rings. The summed E-state index contributed by atoms with van der Waals surface area (Å²) in [6.07, 6.45) is 19.5. The molecule has 0 heterocycles. The molecular formula is C23H42O4. The van der Waals surface area contributed by atoms with Crippen molar-refractivity contribution < 1.29 is 20.4 Å². The number of rotatable bonds is 15. The maximum Gasteiger partial charge on any atom is 0.0982 e. The second-order valence-electron chi connectivity index (χ2n) is 8.25. The van der Waals surface area contributed by atoms with Crippen LogP contribution < -0.4 is 0 Å². The van der Waals surface area contributed by atoms with Gasteiger partial charge in [0.2, 0.25) is 0 Å². The van der Waals surface area contributed by atoms with Gasteiger partial charge in [-0.25, -0.2) is 0 Å². The average Bonchev–Trinajstić information content (AvgIpc) is 2.62. The van der Waals surface area contributed by atoms with Gasteiger partial charge in [0.25, 0.3) is 0 Å². The van der Waals surface area contributed by atoms with E-state index in [0.717, 1.165) is 12.8 Å². The van der Waals surface area contributed by atoms with Crippen LogP contribution in [0.4, 0.5) is 0 Å². The van der Waals surface area contributed by atoms with Gasteiger partial charge >= 0.3 is 0 Å². The van der Waals surface area contributed by atoms with Gasteiger partial charge < -0.3 is 20.4 Å². The van der Waals surface area contributed by atoms with E-state index in [-0.39, 0.29) is 12.8 Å². The van der Waals surface area contributed by atoms with Gasteiger partial charge in [-0.15, -0.1) is 0 Å². The van der Waals surface area contributed by atoms with E-state index in [1.807, 2.05) is 0 Å². The summed E-state index contributed by atoms with van der Waals surface area (Å²) in [7, 11) is 0. The van der Waals surface area contributed by atoms with Crippen LogP contribution in [0.3, 0.4) is 0 Å². The van der Waals surface area contributed by atoms with Crippen molar-refractivity contribution in [1.29, 1.82) is 0 Å². The van der Waals surface area contributed by atoms with E-state index in [9.17, 15) is 20.4 Å². The van der Waals surface area contributed by atoms with E-state index >= 15 is 0 Å². The van der Waals surface area contributed by atoms with Crippen molar-refractivity contribution in [2.24, 2.45) is 0 Å². The summed E-state index contributed by atoms with van der Waals surface area (Å²) in [5, 5.41) is 39.7. The second-order valence-corrected chi connectivity index (χ2v) is 8.25. The lowest BCUT2D eigenvalue weighted by Crippen LogP contribution is -2.42. The molecule has 0 amide bonds. The third-order valence-corrected chi connectivity index (χ3v) is 5.45. The topological polar surface area (TPSA) is 80.9 Å².